The van der Waals surface area contributed by atoms with E-state index in [4.69, 9.17) is 21.1 Å². The van der Waals surface area contributed by atoms with Gasteiger partial charge in [0, 0.05) is 62.8 Å². The quantitative estimate of drug-likeness (QED) is 0.314. The molecule has 1 N–H and O–H groups in total. The molecular weight excluding hydrogens is 555 g/mol. The summed E-state index contributed by atoms with van der Waals surface area (Å²) in [6, 6.07) is 20.8. The van der Waals surface area contributed by atoms with Crippen molar-refractivity contribution in [3.8, 4) is 11.5 Å². The maximum absolute atomic E-state index is 14.4. The minimum absolute atomic E-state index is 0.0372. The normalized spacial score (nSPS) is 19.9. The van der Waals surface area contributed by atoms with Gasteiger partial charge in [-0.15, -0.1) is 0 Å². The fourth-order valence-electron chi connectivity index (χ4n) is 6.30. The molecule has 0 aliphatic carbocycles. The number of para-hydroxylation sites is 1. The number of carbonyl (C=O) groups excluding carboxylic acids is 1. The molecule has 42 heavy (non-hydrogen) atoms. The molecule has 2 aliphatic rings. The van der Waals surface area contributed by atoms with E-state index in [1.807, 2.05) is 36.4 Å². The molecule has 0 radical (unpaired) electrons. The van der Waals surface area contributed by atoms with Crippen LogP contribution < -0.4 is 19.7 Å². The van der Waals surface area contributed by atoms with Crippen molar-refractivity contribution in [2.75, 3.05) is 63.7 Å². The first-order chi connectivity index (χ1) is 20.4. The molecule has 0 aromatic heterocycles. The molecule has 2 atom stereocenters. The second kappa shape index (κ2) is 14.2. The van der Waals surface area contributed by atoms with E-state index in [1.165, 1.54) is 6.07 Å². The maximum atomic E-state index is 14.4. The summed E-state index contributed by atoms with van der Waals surface area (Å²) >= 11 is 6.49. The predicted octanol–water partition coefficient (Wildman–Crippen LogP) is 5.93. The lowest BCUT2D eigenvalue weighted by Gasteiger charge is -2.47. The van der Waals surface area contributed by atoms with Crippen molar-refractivity contribution < 1.29 is 18.7 Å². The van der Waals surface area contributed by atoms with Gasteiger partial charge in [0.05, 0.1) is 25.6 Å². The number of nitrogens with one attached hydrogen (secondary N) is 1. The average molecular weight is 595 g/mol. The Bertz CT molecular complexity index is 1350. The lowest BCUT2D eigenvalue weighted by Crippen LogP contribution is -2.56. The molecule has 5 rings (SSSR count). The third-order valence-electron chi connectivity index (χ3n) is 8.53. The highest BCUT2D eigenvalue weighted by Gasteiger charge is 2.35. The average Bonchev–Trinajstić information content (AvgIpc) is 3.02. The summed E-state index contributed by atoms with van der Waals surface area (Å²) in [5.74, 6) is 1.34. The molecule has 0 spiro atoms. The number of rotatable bonds is 10. The molecule has 0 unspecified atom stereocenters. The number of nitrogens with zero attached hydrogens (tertiary/aromatic N) is 3. The van der Waals surface area contributed by atoms with Crippen LogP contribution in [0.2, 0.25) is 5.02 Å². The van der Waals surface area contributed by atoms with Crippen molar-refractivity contribution in [1.29, 1.82) is 0 Å². The largest absolute Gasteiger partial charge is 0.497 e. The van der Waals surface area contributed by atoms with E-state index in [0.717, 1.165) is 69.2 Å². The summed E-state index contributed by atoms with van der Waals surface area (Å²) in [5.41, 5.74) is 2.43. The number of hydrogen-bond acceptors (Lipinski definition) is 6. The molecule has 2 aliphatic heterocycles. The number of hydrogen-bond donors (Lipinski definition) is 1. The van der Waals surface area contributed by atoms with Crippen LogP contribution in [0.15, 0.2) is 66.7 Å². The number of ether oxygens (including phenoxy) is 2. The summed E-state index contributed by atoms with van der Waals surface area (Å²) in [6.45, 7) is 5.96. The highest BCUT2D eigenvalue weighted by Crippen LogP contribution is 2.32. The van der Waals surface area contributed by atoms with E-state index in [0.29, 0.717) is 41.3 Å². The smallest absolute Gasteiger partial charge is 0.224 e. The third-order valence-corrected chi connectivity index (χ3v) is 8.90. The lowest BCUT2D eigenvalue weighted by atomic mass is 9.86. The fraction of sp³-hybridized carbons (Fsp3) is 0.424. The van der Waals surface area contributed by atoms with Crippen LogP contribution in [0, 0.1) is 11.7 Å². The van der Waals surface area contributed by atoms with Gasteiger partial charge in [-0.05, 0) is 61.2 Å². The van der Waals surface area contributed by atoms with Crippen LogP contribution >= 0.6 is 11.6 Å². The second-order valence-electron chi connectivity index (χ2n) is 11.1. The monoisotopic (exact) mass is 594 g/mol. The number of piperidine rings is 1. The SMILES string of the molecule is COc1ccc(NC(=O)CC[C@@H]2CN(Cc3ccccc3Cl)CC[C@@H]2N2CCN(c3ccccc3F)CC2)c(OC)c1. The fourth-order valence-corrected chi connectivity index (χ4v) is 6.50. The Morgan fingerprint density at radius 3 is 2.48 bits per heavy atom. The summed E-state index contributed by atoms with van der Waals surface area (Å²) in [6.07, 6.45) is 2.19. The standard InChI is InChI=1S/C33H40ClFN4O3/c1-41-26-12-13-29(32(21-26)42-2)36-33(40)14-11-25-23-37(22-24-7-3-4-8-27(24)34)16-15-30(25)38-17-19-39(20-18-38)31-10-6-5-9-28(31)35/h3-10,12-13,21,25,30H,11,14-20,22-23H2,1-2H3,(H,36,40)/t25-,30+/m1/s1. The van der Waals surface area contributed by atoms with Crippen LogP contribution in [0.5, 0.6) is 11.5 Å². The molecule has 3 aromatic rings. The van der Waals surface area contributed by atoms with Crippen molar-refractivity contribution in [2.24, 2.45) is 5.92 Å². The molecular formula is C33H40ClFN4O3. The molecule has 2 fully saturated rings. The Morgan fingerprint density at radius 2 is 1.74 bits per heavy atom. The molecule has 7 nitrogen and oxygen atoms in total. The minimum atomic E-state index is -0.170. The van der Waals surface area contributed by atoms with Crippen molar-refractivity contribution in [3.05, 3.63) is 83.1 Å². The Hall–Kier alpha value is -3.33. The highest BCUT2D eigenvalue weighted by atomic mass is 35.5. The van der Waals surface area contributed by atoms with E-state index in [1.54, 1.807) is 32.4 Å². The zero-order valence-electron chi connectivity index (χ0n) is 24.4. The number of carbonyl (C=O) groups is 1. The summed E-state index contributed by atoms with van der Waals surface area (Å²) in [5, 5.41) is 3.81. The highest BCUT2D eigenvalue weighted by molar-refractivity contribution is 6.31. The molecule has 2 saturated heterocycles. The van der Waals surface area contributed by atoms with E-state index >= 15 is 0 Å². The first-order valence-electron chi connectivity index (χ1n) is 14.7. The number of likely N-dealkylation sites (tertiary alicyclic amines) is 1. The van der Waals surface area contributed by atoms with Gasteiger partial charge in [-0.3, -0.25) is 14.6 Å². The lowest BCUT2D eigenvalue weighted by molar-refractivity contribution is -0.116. The van der Waals surface area contributed by atoms with E-state index in [9.17, 15) is 9.18 Å². The van der Waals surface area contributed by atoms with Crippen molar-refractivity contribution in [2.45, 2.75) is 31.8 Å². The summed E-state index contributed by atoms with van der Waals surface area (Å²) in [7, 11) is 3.18. The Labute approximate surface area is 253 Å². The number of benzene rings is 3. The zero-order valence-corrected chi connectivity index (χ0v) is 25.2. The van der Waals surface area contributed by atoms with Gasteiger partial charge in [0.2, 0.25) is 5.91 Å². The summed E-state index contributed by atoms with van der Waals surface area (Å²) in [4.78, 5) is 20.3. The number of anilines is 2. The maximum Gasteiger partial charge on any atom is 0.224 e. The summed E-state index contributed by atoms with van der Waals surface area (Å²) < 4.78 is 25.2. The molecule has 9 heteroatoms. The van der Waals surface area contributed by atoms with Gasteiger partial charge in [-0.1, -0.05) is 41.9 Å². The van der Waals surface area contributed by atoms with Gasteiger partial charge in [-0.2, -0.15) is 0 Å². The first kappa shape index (κ1) is 30.1. The Balaban J connectivity index is 1.25. The second-order valence-corrected chi connectivity index (χ2v) is 11.5. The molecule has 0 bridgehead atoms. The molecule has 224 valence electrons. The van der Waals surface area contributed by atoms with Crippen molar-refractivity contribution in [3.63, 3.8) is 0 Å². The zero-order chi connectivity index (χ0) is 29.5. The van der Waals surface area contributed by atoms with Gasteiger partial charge in [-0.25, -0.2) is 4.39 Å². The van der Waals surface area contributed by atoms with Crippen LogP contribution in [0.4, 0.5) is 15.8 Å². The topological polar surface area (TPSA) is 57.3 Å². The Kier molecular flexibility index (Phi) is 10.2. The van der Waals surface area contributed by atoms with Crippen LogP contribution in [0.1, 0.15) is 24.8 Å². The van der Waals surface area contributed by atoms with Crippen molar-refractivity contribution in [1.82, 2.24) is 9.80 Å². The number of amides is 1. The minimum Gasteiger partial charge on any atom is -0.497 e. The Morgan fingerprint density at radius 1 is 0.976 bits per heavy atom. The van der Waals surface area contributed by atoms with Crippen LogP contribution in [-0.4, -0.2) is 75.2 Å². The molecule has 1 amide bonds. The van der Waals surface area contributed by atoms with E-state index in [-0.39, 0.29) is 11.7 Å². The van der Waals surface area contributed by atoms with Crippen LogP contribution in [0.3, 0.4) is 0 Å². The number of halogens is 2. The number of methoxy groups -OCH3 is 2. The third kappa shape index (κ3) is 7.35. The first-order valence-corrected chi connectivity index (χ1v) is 15.0. The molecule has 3 aromatic carbocycles. The van der Waals surface area contributed by atoms with Crippen LogP contribution in [-0.2, 0) is 11.3 Å². The molecule has 2 heterocycles. The van der Waals surface area contributed by atoms with Gasteiger partial charge < -0.3 is 19.7 Å². The van der Waals surface area contributed by atoms with E-state index in [2.05, 4.69) is 26.1 Å². The predicted molar refractivity (Wildman–Crippen MR) is 166 cm³/mol. The van der Waals surface area contributed by atoms with E-state index < -0.39 is 0 Å². The van der Waals surface area contributed by atoms with Gasteiger partial charge in [0.1, 0.15) is 17.3 Å². The number of piperazine rings is 1. The van der Waals surface area contributed by atoms with Crippen molar-refractivity contribution >= 4 is 28.9 Å². The van der Waals surface area contributed by atoms with Gasteiger partial charge >= 0.3 is 0 Å². The molecule has 0 saturated carbocycles. The van der Waals surface area contributed by atoms with Gasteiger partial charge in [0.15, 0.2) is 0 Å². The van der Waals surface area contributed by atoms with Crippen LogP contribution in [0.25, 0.3) is 0 Å². The van der Waals surface area contributed by atoms with Gasteiger partial charge in [0.25, 0.3) is 0 Å².